The van der Waals surface area contributed by atoms with Gasteiger partial charge in [-0.2, -0.15) is 10.2 Å². The van der Waals surface area contributed by atoms with Gasteiger partial charge in [0.2, 0.25) is 0 Å². The molecule has 5 nitrogen and oxygen atoms in total. The van der Waals surface area contributed by atoms with Crippen molar-refractivity contribution in [1.82, 2.24) is 15.6 Å². The summed E-state index contributed by atoms with van der Waals surface area (Å²) in [5, 5.41) is 14.3. The average Bonchev–Trinajstić information content (AvgIpc) is 3.27. The third kappa shape index (κ3) is 3.18. The second-order valence-electron chi connectivity index (χ2n) is 10.0. The van der Waals surface area contributed by atoms with Crippen molar-refractivity contribution in [2.75, 3.05) is 0 Å². The highest BCUT2D eigenvalue weighted by Gasteiger charge is 2.52. The van der Waals surface area contributed by atoms with Crippen LogP contribution in [0.5, 0.6) is 0 Å². The van der Waals surface area contributed by atoms with Crippen molar-refractivity contribution >= 4 is 22.4 Å². The number of carbonyl (C=O) groups is 1. The number of H-pyrrole nitrogens is 1. The lowest BCUT2D eigenvalue weighted by atomic mass is 9.49. The SMILES string of the molecule is CC(=NNC(=O)c1cc(C23CC4CC(CC(C4)C2)C3)[nH]n1)c1cccc2ccccc12. The molecule has 4 fully saturated rings. The van der Waals surface area contributed by atoms with E-state index in [1.165, 1.54) is 38.5 Å². The maximum absolute atomic E-state index is 12.8. The molecule has 0 saturated heterocycles. The fourth-order valence-electron chi connectivity index (χ4n) is 6.94. The maximum atomic E-state index is 12.8. The number of rotatable bonds is 4. The molecule has 2 aromatic carbocycles. The standard InChI is InChI=1S/C26H28N4O/c1-16(21-8-4-6-20-5-2-3-7-22(20)21)27-30-25(31)23-12-24(29-28-23)26-13-17-9-18(14-26)11-19(10-17)15-26/h2-8,12,17-19H,9-11,13-15H2,1H3,(H,28,29)(H,30,31). The lowest BCUT2D eigenvalue weighted by molar-refractivity contribution is -0.00721. The van der Waals surface area contributed by atoms with E-state index in [2.05, 4.69) is 38.9 Å². The minimum absolute atomic E-state index is 0.211. The summed E-state index contributed by atoms with van der Waals surface area (Å²) in [5.74, 6) is 2.33. The van der Waals surface area contributed by atoms with Gasteiger partial charge in [0.05, 0.1) is 5.71 Å². The Morgan fingerprint density at radius 1 is 1.03 bits per heavy atom. The Morgan fingerprint density at radius 2 is 1.71 bits per heavy atom. The molecule has 4 bridgehead atoms. The van der Waals surface area contributed by atoms with Gasteiger partial charge >= 0.3 is 0 Å². The number of nitrogens with one attached hydrogen (secondary N) is 2. The number of fused-ring (bicyclic) bond motifs is 1. The van der Waals surface area contributed by atoms with Crippen molar-refractivity contribution in [2.24, 2.45) is 22.9 Å². The van der Waals surface area contributed by atoms with E-state index in [9.17, 15) is 4.79 Å². The predicted octanol–water partition coefficient (Wildman–Crippen LogP) is 5.18. The van der Waals surface area contributed by atoms with Crippen molar-refractivity contribution in [1.29, 1.82) is 0 Å². The molecule has 4 aliphatic carbocycles. The molecule has 4 saturated carbocycles. The van der Waals surface area contributed by atoms with Gasteiger partial charge in [-0.15, -0.1) is 0 Å². The summed E-state index contributed by atoms with van der Waals surface area (Å²) >= 11 is 0. The Bertz CT molecular complexity index is 1150. The molecule has 5 heteroatoms. The largest absolute Gasteiger partial charge is 0.291 e. The molecule has 3 aromatic rings. The van der Waals surface area contributed by atoms with Crippen molar-refractivity contribution in [3.05, 3.63) is 65.5 Å². The zero-order chi connectivity index (χ0) is 21.0. The lowest BCUT2D eigenvalue weighted by Gasteiger charge is -2.56. The lowest BCUT2D eigenvalue weighted by Crippen LogP contribution is -2.48. The van der Waals surface area contributed by atoms with Crippen LogP contribution in [0.2, 0.25) is 0 Å². The summed E-state index contributed by atoms with van der Waals surface area (Å²) in [7, 11) is 0. The molecule has 7 rings (SSSR count). The number of benzene rings is 2. The van der Waals surface area contributed by atoms with Crippen LogP contribution in [0.4, 0.5) is 0 Å². The first kappa shape index (κ1) is 18.8. The van der Waals surface area contributed by atoms with Crippen LogP contribution >= 0.6 is 0 Å². The van der Waals surface area contributed by atoms with Crippen LogP contribution in [-0.2, 0) is 5.41 Å². The Kier molecular flexibility index (Phi) is 4.27. The van der Waals surface area contributed by atoms with Gasteiger partial charge < -0.3 is 0 Å². The smallest absolute Gasteiger partial charge is 0.281 e. The number of carbonyl (C=O) groups excluding carboxylic acids is 1. The van der Waals surface area contributed by atoms with E-state index in [1.54, 1.807) is 0 Å². The summed E-state index contributed by atoms with van der Waals surface area (Å²) in [6.07, 6.45) is 7.97. The minimum Gasteiger partial charge on any atom is -0.281 e. The highest BCUT2D eigenvalue weighted by Crippen LogP contribution is 2.60. The molecule has 158 valence electrons. The van der Waals surface area contributed by atoms with Crippen LogP contribution in [0.25, 0.3) is 10.8 Å². The van der Waals surface area contributed by atoms with E-state index in [0.717, 1.165) is 45.5 Å². The predicted molar refractivity (Wildman–Crippen MR) is 122 cm³/mol. The highest BCUT2D eigenvalue weighted by molar-refractivity contribution is 6.10. The van der Waals surface area contributed by atoms with Crippen molar-refractivity contribution in [2.45, 2.75) is 50.9 Å². The fourth-order valence-corrected chi connectivity index (χ4v) is 6.94. The number of nitrogens with zero attached hydrogens (tertiary/aromatic N) is 2. The first-order valence-corrected chi connectivity index (χ1v) is 11.5. The number of hydrazone groups is 1. The van der Waals surface area contributed by atoms with E-state index in [-0.39, 0.29) is 11.3 Å². The van der Waals surface area contributed by atoms with Gasteiger partial charge in [0.25, 0.3) is 5.91 Å². The Hall–Kier alpha value is -2.95. The second-order valence-corrected chi connectivity index (χ2v) is 10.0. The molecule has 0 aliphatic heterocycles. The van der Waals surface area contributed by atoms with Gasteiger partial charge in [-0.05, 0) is 80.0 Å². The maximum Gasteiger partial charge on any atom is 0.291 e. The van der Waals surface area contributed by atoms with Crippen molar-refractivity contribution in [3.8, 4) is 0 Å². The van der Waals surface area contributed by atoms with Crippen LogP contribution in [0.15, 0.2) is 53.6 Å². The molecule has 2 N–H and O–H groups in total. The zero-order valence-electron chi connectivity index (χ0n) is 17.9. The molecule has 1 heterocycles. The number of hydrogen-bond donors (Lipinski definition) is 2. The van der Waals surface area contributed by atoms with E-state index in [1.807, 2.05) is 37.3 Å². The summed E-state index contributed by atoms with van der Waals surface area (Å²) in [5.41, 5.74) is 6.32. The summed E-state index contributed by atoms with van der Waals surface area (Å²) in [6, 6.07) is 16.3. The van der Waals surface area contributed by atoms with E-state index in [4.69, 9.17) is 0 Å². The molecule has 0 unspecified atom stereocenters. The fraction of sp³-hybridized carbons (Fsp3) is 0.423. The van der Waals surface area contributed by atoms with Gasteiger partial charge in [0, 0.05) is 16.7 Å². The first-order valence-electron chi connectivity index (χ1n) is 11.5. The monoisotopic (exact) mass is 412 g/mol. The van der Waals surface area contributed by atoms with Crippen LogP contribution in [0, 0.1) is 17.8 Å². The molecular weight excluding hydrogens is 384 g/mol. The molecule has 4 aliphatic rings. The Balaban J connectivity index is 1.21. The van der Waals surface area contributed by atoms with Crippen molar-refractivity contribution < 1.29 is 4.79 Å². The molecule has 1 amide bonds. The summed E-state index contributed by atoms with van der Waals surface area (Å²) in [4.78, 5) is 12.8. The van der Waals surface area contributed by atoms with Gasteiger partial charge in [-0.1, -0.05) is 42.5 Å². The van der Waals surface area contributed by atoms with Crippen LogP contribution < -0.4 is 5.43 Å². The van der Waals surface area contributed by atoms with Gasteiger partial charge in [-0.25, -0.2) is 5.43 Å². The zero-order valence-corrected chi connectivity index (χ0v) is 17.9. The summed E-state index contributed by atoms with van der Waals surface area (Å²) < 4.78 is 0. The number of amides is 1. The normalized spacial score (nSPS) is 29.5. The topological polar surface area (TPSA) is 70.1 Å². The number of hydrogen-bond acceptors (Lipinski definition) is 3. The van der Waals surface area contributed by atoms with E-state index >= 15 is 0 Å². The molecule has 0 radical (unpaired) electrons. The average molecular weight is 413 g/mol. The Labute approximate surface area is 182 Å². The van der Waals surface area contributed by atoms with Crippen molar-refractivity contribution in [3.63, 3.8) is 0 Å². The van der Waals surface area contributed by atoms with Crippen LogP contribution in [0.1, 0.15) is 67.2 Å². The number of aromatic amines is 1. The molecule has 0 atom stereocenters. The Morgan fingerprint density at radius 3 is 2.45 bits per heavy atom. The van der Waals surface area contributed by atoms with Gasteiger partial charge in [0.1, 0.15) is 0 Å². The molecule has 1 aromatic heterocycles. The molecule has 0 spiro atoms. The second kappa shape index (κ2) is 7.04. The third-order valence-corrected chi connectivity index (χ3v) is 7.92. The minimum atomic E-state index is -0.258. The van der Waals surface area contributed by atoms with E-state index in [0.29, 0.717) is 5.69 Å². The van der Waals surface area contributed by atoms with E-state index < -0.39 is 0 Å². The highest BCUT2D eigenvalue weighted by atomic mass is 16.2. The van der Waals surface area contributed by atoms with Crippen LogP contribution in [-0.4, -0.2) is 21.8 Å². The van der Waals surface area contributed by atoms with Gasteiger partial charge in [-0.3, -0.25) is 9.89 Å². The van der Waals surface area contributed by atoms with Gasteiger partial charge in [0.15, 0.2) is 5.69 Å². The van der Waals surface area contributed by atoms with Crippen LogP contribution in [0.3, 0.4) is 0 Å². The molecular formula is C26H28N4O. The molecule has 31 heavy (non-hydrogen) atoms. The third-order valence-electron chi connectivity index (χ3n) is 7.92. The first-order chi connectivity index (χ1) is 15.1. The number of aromatic nitrogens is 2. The quantitative estimate of drug-likeness (QED) is 0.458. The summed E-state index contributed by atoms with van der Waals surface area (Å²) in [6.45, 7) is 1.92.